The Hall–Kier alpha value is -2.80. The van der Waals surface area contributed by atoms with Crippen LogP contribution in [0.1, 0.15) is 10.7 Å². The molecular formula is C15H12N4O2S. The summed E-state index contributed by atoms with van der Waals surface area (Å²) in [5.41, 5.74) is 3.01. The molecule has 22 heavy (non-hydrogen) atoms. The average Bonchev–Trinajstić information content (AvgIpc) is 3.17. The number of hydrogen-bond donors (Lipinski definition) is 1. The van der Waals surface area contributed by atoms with E-state index in [-0.39, 0.29) is 5.91 Å². The highest BCUT2D eigenvalue weighted by molar-refractivity contribution is 7.10. The molecule has 0 spiro atoms. The van der Waals surface area contributed by atoms with E-state index in [2.05, 4.69) is 20.4 Å². The minimum atomic E-state index is -0.239. The van der Waals surface area contributed by atoms with Crippen LogP contribution in [0.3, 0.4) is 0 Å². The topological polar surface area (TPSA) is 80.9 Å². The molecule has 0 aliphatic heterocycles. The first-order chi connectivity index (χ1) is 10.7. The van der Waals surface area contributed by atoms with E-state index in [9.17, 15) is 4.79 Å². The highest BCUT2D eigenvalue weighted by Crippen LogP contribution is 2.26. The van der Waals surface area contributed by atoms with Crippen molar-refractivity contribution in [2.24, 2.45) is 0 Å². The fourth-order valence-corrected chi connectivity index (χ4v) is 2.34. The number of carbonyl (C=O) groups excluding carboxylic acids is 1. The maximum Gasteiger partial charge on any atom is 0.260 e. The Morgan fingerprint density at radius 3 is 2.95 bits per heavy atom. The lowest BCUT2D eigenvalue weighted by Gasteiger charge is -2.06. The van der Waals surface area contributed by atoms with E-state index in [0.29, 0.717) is 23.0 Å². The first-order valence-corrected chi connectivity index (χ1v) is 7.37. The third-order valence-corrected chi connectivity index (χ3v) is 3.53. The van der Waals surface area contributed by atoms with Gasteiger partial charge in [-0.1, -0.05) is 17.3 Å². The van der Waals surface area contributed by atoms with Gasteiger partial charge in [0.2, 0.25) is 5.91 Å². The molecule has 1 N–H and O–H groups in total. The maximum atomic E-state index is 12.0. The van der Waals surface area contributed by atoms with E-state index in [0.717, 1.165) is 4.88 Å². The summed E-state index contributed by atoms with van der Waals surface area (Å²) in [7, 11) is 0. The number of nitrogens with zero attached hydrogens (tertiary/aromatic N) is 3. The summed E-state index contributed by atoms with van der Waals surface area (Å²) >= 11 is 1.46. The fraction of sp³-hybridized carbons (Fsp3) is 0.0667. The number of aromatic nitrogens is 3. The molecule has 0 fully saturated rings. The summed E-state index contributed by atoms with van der Waals surface area (Å²) in [5.74, 6) is 0.679. The molecule has 0 saturated carbocycles. The van der Waals surface area contributed by atoms with E-state index in [1.165, 1.54) is 17.4 Å². The molecule has 3 rings (SSSR count). The summed E-state index contributed by atoms with van der Waals surface area (Å²) in [6.45, 7) is 1.74. The van der Waals surface area contributed by atoms with E-state index < -0.39 is 0 Å². The van der Waals surface area contributed by atoms with E-state index >= 15 is 0 Å². The molecule has 2 heterocycles. The van der Waals surface area contributed by atoms with Gasteiger partial charge in [0.1, 0.15) is 0 Å². The number of hydrogen-bond acceptors (Lipinski definition) is 6. The van der Waals surface area contributed by atoms with Crippen LogP contribution in [0.5, 0.6) is 0 Å². The van der Waals surface area contributed by atoms with Crippen LogP contribution in [0, 0.1) is 6.92 Å². The van der Waals surface area contributed by atoms with E-state index in [1.54, 1.807) is 30.8 Å². The molecule has 0 atom stereocenters. The third-order valence-electron chi connectivity index (χ3n) is 2.79. The standard InChI is InChI=1S/C15H12N4O2S/c1-10-17-15(21-19-10)12-4-2-3-5-13(12)18-14(20)7-6-11-8-16-9-22-11/h2-9H,1H3,(H,18,20)/b7-6+. The van der Waals surface area contributed by atoms with Crippen molar-refractivity contribution >= 4 is 29.0 Å². The minimum absolute atomic E-state index is 0.239. The molecule has 3 aromatic rings. The molecule has 0 unspecified atom stereocenters. The van der Waals surface area contributed by atoms with Crippen LogP contribution in [0.15, 0.2) is 46.6 Å². The second-order valence-electron chi connectivity index (χ2n) is 4.42. The third kappa shape index (κ3) is 3.26. The van der Waals surface area contributed by atoms with Crippen LogP contribution in [0.4, 0.5) is 5.69 Å². The van der Waals surface area contributed by atoms with Gasteiger partial charge in [-0.2, -0.15) is 4.98 Å². The van der Waals surface area contributed by atoms with Gasteiger partial charge in [-0.25, -0.2) is 0 Å². The first-order valence-electron chi connectivity index (χ1n) is 6.49. The number of rotatable bonds is 4. The van der Waals surface area contributed by atoms with Crippen molar-refractivity contribution < 1.29 is 9.32 Å². The summed E-state index contributed by atoms with van der Waals surface area (Å²) in [6, 6.07) is 7.27. The summed E-state index contributed by atoms with van der Waals surface area (Å²) < 4.78 is 5.15. The molecular weight excluding hydrogens is 300 g/mol. The lowest BCUT2D eigenvalue weighted by Crippen LogP contribution is -2.08. The Morgan fingerprint density at radius 1 is 1.36 bits per heavy atom. The number of aryl methyl sites for hydroxylation is 1. The molecule has 0 bridgehead atoms. The second-order valence-corrected chi connectivity index (χ2v) is 5.34. The smallest absolute Gasteiger partial charge is 0.260 e. The number of para-hydroxylation sites is 1. The van der Waals surface area contributed by atoms with E-state index in [4.69, 9.17) is 4.52 Å². The number of carbonyl (C=O) groups is 1. The Morgan fingerprint density at radius 2 is 2.23 bits per heavy atom. The van der Waals surface area contributed by atoms with Crippen LogP contribution in [0.25, 0.3) is 17.5 Å². The van der Waals surface area contributed by atoms with Crippen molar-refractivity contribution in [1.82, 2.24) is 15.1 Å². The summed E-state index contributed by atoms with van der Waals surface area (Å²) in [4.78, 5) is 21.1. The van der Waals surface area contributed by atoms with Gasteiger partial charge in [-0.15, -0.1) is 11.3 Å². The molecule has 0 radical (unpaired) electrons. The minimum Gasteiger partial charge on any atom is -0.334 e. The molecule has 110 valence electrons. The number of anilines is 1. The van der Waals surface area contributed by atoms with Gasteiger partial charge in [0, 0.05) is 17.2 Å². The average molecular weight is 312 g/mol. The van der Waals surface area contributed by atoms with Gasteiger partial charge in [-0.3, -0.25) is 9.78 Å². The quantitative estimate of drug-likeness (QED) is 0.748. The highest BCUT2D eigenvalue weighted by atomic mass is 32.1. The van der Waals surface area contributed by atoms with Crippen molar-refractivity contribution in [3.05, 3.63) is 52.8 Å². The number of thiazole rings is 1. The molecule has 0 aliphatic carbocycles. The van der Waals surface area contributed by atoms with Gasteiger partial charge >= 0.3 is 0 Å². The Balaban J connectivity index is 1.79. The molecule has 7 heteroatoms. The van der Waals surface area contributed by atoms with Gasteiger partial charge < -0.3 is 9.84 Å². The van der Waals surface area contributed by atoms with Gasteiger partial charge in [-0.05, 0) is 25.1 Å². The number of nitrogens with one attached hydrogen (secondary N) is 1. The van der Waals surface area contributed by atoms with Gasteiger partial charge in [0.05, 0.1) is 16.8 Å². The number of benzene rings is 1. The normalized spacial score (nSPS) is 11.0. The highest BCUT2D eigenvalue weighted by Gasteiger charge is 2.12. The van der Waals surface area contributed by atoms with Crippen LogP contribution in [-0.2, 0) is 4.79 Å². The monoisotopic (exact) mass is 312 g/mol. The van der Waals surface area contributed by atoms with Gasteiger partial charge in [0.15, 0.2) is 5.82 Å². The SMILES string of the molecule is Cc1noc(-c2ccccc2NC(=O)/C=C/c2cncs2)n1. The number of amides is 1. The zero-order chi connectivity index (χ0) is 15.4. The van der Waals surface area contributed by atoms with Crippen molar-refractivity contribution in [2.75, 3.05) is 5.32 Å². The van der Waals surface area contributed by atoms with Crippen LogP contribution < -0.4 is 5.32 Å². The Bertz CT molecular complexity index is 809. The maximum absolute atomic E-state index is 12.0. The molecule has 1 aromatic carbocycles. The zero-order valence-electron chi connectivity index (χ0n) is 11.7. The van der Waals surface area contributed by atoms with Crippen molar-refractivity contribution in [2.45, 2.75) is 6.92 Å². The van der Waals surface area contributed by atoms with Crippen LogP contribution in [-0.4, -0.2) is 21.0 Å². The lowest BCUT2D eigenvalue weighted by atomic mass is 10.1. The lowest BCUT2D eigenvalue weighted by molar-refractivity contribution is -0.111. The zero-order valence-corrected chi connectivity index (χ0v) is 12.5. The van der Waals surface area contributed by atoms with Crippen LogP contribution >= 0.6 is 11.3 Å². The Kier molecular flexibility index (Phi) is 4.06. The van der Waals surface area contributed by atoms with Crippen molar-refractivity contribution in [3.63, 3.8) is 0 Å². The van der Waals surface area contributed by atoms with Crippen molar-refractivity contribution in [1.29, 1.82) is 0 Å². The summed E-state index contributed by atoms with van der Waals surface area (Å²) in [6.07, 6.45) is 4.87. The Labute approximate surface area is 130 Å². The molecule has 6 nitrogen and oxygen atoms in total. The van der Waals surface area contributed by atoms with Gasteiger partial charge in [0.25, 0.3) is 5.89 Å². The van der Waals surface area contributed by atoms with Crippen molar-refractivity contribution in [3.8, 4) is 11.5 Å². The second kappa shape index (κ2) is 6.31. The predicted molar refractivity (Wildman–Crippen MR) is 84.2 cm³/mol. The van der Waals surface area contributed by atoms with Crippen LogP contribution in [0.2, 0.25) is 0 Å². The predicted octanol–water partition coefficient (Wildman–Crippen LogP) is 3.15. The fourth-order valence-electron chi connectivity index (χ4n) is 1.83. The molecule has 2 aromatic heterocycles. The molecule has 1 amide bonds. The first kappa shape index (κ1) is 14.2. The summed E-state index contributed by atoms with van der Waals surface area (Å²) in [5, 5.41) is 6.58. The largest absolute Gasteiger partial charge is 0.334 e. The van der Waals surface area contributed by atoms with E-state index in [1.807, 2.05) is 18.2 Å². The molecule has 0 aliphatic rings. The molecule has 0 saturated heterocycles.